The van der Waals surface area contributed by atoms with Gasteiger partial charge < -0.3 is 20.0 Å². The Morgan fingerprint density at radius 1 is 1.31 bits per heavy atom. The summed E-state index contributed by atoms with van der Waals surface area (Å²) in [4.78, 5) is 27.4. The molecule has 1 saturated heterocycles. The van der Waals surface area contributed by atoms with Crippen molar-refractivity contribution in [3.63, 3.8) is 0 Å². The number of thiazole rings is 1. The van der Waals surface area contributed by atoms with Gasteiger partial charge in [0.1, 0.15) is 0 Å². The minimum atomic E-state index is 0. The van der Waals surface area contributed by atoms with E-state index in [1.165, 1.54) is 0 Å². The number of anilines is 1. The molecule has 0 unspecified atom stereocenters. The Morgan fingerprint density at radius 2 is 2.03 bits per heavy atom. The van der Waals surface area contributed by atoms with Crippen LogP contribution in [0.3, 0.4) is 0 Å². The van der Waals surface area contributed by atoms with Crippen molar-refractivity contribution in [3.8, 4) is 0 Å². The van der Waals surface area contributed by atoms with Gasteiger partial charge in [-0.15, -0.1) is 35.3 Å². The highest BCUT2D eigenvalue weighted by Crippen LogP contribution is 2.18. The first-order chi connectivity index (χ1) is 13.5. The summed E-state index contributed by atoms with van der Waals surface area (Å²) in [6.07, 6.45) is 0. The molecule has 1 amide bonds. The molecular formula is C19H26ClIN6OS. The van der Waals surface area contributed by atoms with Crippen molar-refractivity contribution in [2.75, 3.05) is 45.7 Å². The number of nitrogens with one attached hydrogen (secondary N) is 1. The number of hydrogen-bond donors (Lipinski definition) is 1. The van der Waals surface area contributed by atoms with Crippen LogP contribution >= 0.6 is 46.9 Å². The van der Waals surface area contributed by atoms with Crippen LogP contribution in [0.25, 0.3) is 0 Å². The van der Waals surface area contributed by atoms with Gasteiger partial charge in [0.25, 0.3) is 0 Å². The Morgan fingerprint density at radius 3 is 2.62 bits per heavy atom. The van der Waals surface area contributed by atoms with Gasteiger partial charge in [0, 0.05) is 51.2 Å². The maximum Gasteiger partial charge on any atom is 0.242 e. The SMILES string of the molecule is CN=C(NCc1csc(N(C)C)n1)N1CCN(Cc2ccc(Cl)cc2)C(=O)C1.I. The molecule has 0 bridgehead atoms. The Labute approximate surface area is 197 Å². The van der Waals surface area contributed by atoms with E-state index in [-0.39, 0.29) is 29.9 Å². The number of carbonyl (C=O) groups is 1. The lowest BCUT2D eigenvalue weighted by atomic mass is 10.2. The van der Waals surface area contributed by atoms with Gasteiger partial charge in [0.05, 0.1) is 18.8 Å². The molecule has 1 fully saturated rings. The zero-order chi connectivity index (χ0) is 20.1. The molecule has 0 atom stereocenters. The molecule has 1 aromatic heterocycles. The fourth-order valence-electron chi connectivity index (χ4n) is 2.95. The van der Waals surface area contributed by atoms with E-state index in [9.17, 15) is 4.79 Å². The monoisotopic (exact) mass is 548 g/mol. The van der Waals surface area contributed by atoms with Gasteiger partial charge in [-0.1, -0.05) is 23.7 Å². The number of aliphatic imine (C=N–C) groups is 1. The number of halogens is 2. The molecule has 0 saturated carbocycles. The number of hydrogen-bond acceptors (Lipinski definition) is 5. The summed E-state index contributed by atoms with van der Waals surface area (Å²) >= 11 is 7.54. The largest absolute Gasteiger partial charge is 0.354 e. The van der Waals surface area contributed by atoms with Crippen molar-refractivity contribution in [2.24, 2.45) is 4.99 Å². The van der Waals surface area contributed by atoms with E-state index in [4.69, 9.17) is 11.6 Å². The Kier molecular flexibility index (Phi) is 8.97. The number of amides is 1. The minimum Gasteiger partial charge on any atom is -0.354 e. The second kappa shape index (κ2) is 11.0. The van der Waals surface area contributed by atoms with Crippen LogP contribution in [0.1, 0.15) is 11.3 Å². The van der Waals surface area contributed by atoms with Crippen LogP contribution in [0.15, 0.2) is 34.6 Å². The van der Waals surface area contributed by atoms with Crippen molar-refractivity contribution in [2.45, 2.75) is 13.1 Å². The lowest BCUT2D eigenvalue weighted by Crippen LogP contribution is -2.54. The van der Waals surface area contributed by atoms with E-state index in [0.717, 1.165) is 28.9 Å². The molecule has 1 aliphatic rings. The highest BCUT2D eigenvalue weighted by molar-refractivity contribution is 14.0. The lowest BCUT2D eigenvalue weighted by molar-refractivity contribution is -0.135. The summed E-state index contributed by atoms with van der Waals surface area (Å²) in [5.41, 5.74) is 2.04. The summed E-state index contributed by atoms with van der Waals surface area (Å²) in [7, 11) is 5.69. The third-order valence-corrected chi connectivity index (χ3v) is 5.78. The minimum absolute atomic E-state index is 0. The highest BCUT2D eigenvalue weighted by Gasteiger charge is 2.26. The van der Waals surface area contributed by atoms with Crippen LogP contribution in [0.4, 0.5) is 5.13 Å². The van der Waals surface area contributed by atoms with Crippen LogP contribution in [-0.4, -0.2) is 67.4 Å². The Hall–Kier alpha value is -1.59. The normalized spacial score (nSPS) is 14.6. The van der Waals surface area contributed by atoms with Crippen LogP contribution in [-0.2, 0) is 17.9 Å². The van der Waals surface area contributed by atoms with Gasteiger partial charge in [0.2, 0.25) is 5.91 Å². The molecule has 3 rings (SSSR count). The molecule has 7 nitrogen and oxygen atoms in total. The number of guanidine groups is 1. The maximum atomic E-state index is 12.6. The van der Waals surface area contributed by atoms with Crippen LogP contribution in [0.2, 0.25) is 5.02 Å². The van der Waals surface area contributed by atoms with E-state index in [2.05, 4.69) is 15.3 Å². The molecule has 158 valence electrons. The van der Waals surface area contributed by atoms with Gasteiger partial charge in [0.15, 0.2) is 11.1 Å². The standard InChI is InChI=1S/C19H25ClN6OS.HI/c1-21-18(22-10-16-13-28-19(23-16)24(2)3)26-9-8-25(17(27)12-26)11-14-4-6-15(20)7-5-14;/h4-7,13H,8-12H2,1-3H3,(H,21,22);1H. The highest BCUT2D eigenvalue weighted by atomic mass is 127. The van der Waals surface area contributed by atoms with E-state index in [1.54, 1.807) is 18.4 Å². The zero-order valence-corrected chi connectivity index (χ0v) is 20.7. The van der Waals surface area contributed by atoms with Crippen molar-refractivity contribution in [3.05, 3.63) is 45.9 Å². The summed E-state index contributed by atoms with van der Waals surface area (Å²) in [5, 5.41) is 7.02. The summed E-state index contributed by atoms with van der Waals surface area (Å²) in [6.45, 7) is 2.88. The van der Waals surface area contributed by atoms with Crippen LogP contribution in [0.5, 0.6) is 0 Å². The average molecular weight is 549 g/mol. The van der Waals surface area contributed by atoms with Crippen LogP contribution < -0.4 is 10.2 Å². The van der Waals surface area contributed by atoms with Gasteiger partial charge >= 0.3 is 0 Å². The fourth-order valence-corrected chi connectivity index (χ4v) is 3.84. The fraction of sp³-hybridized carbons (Fsp3) is 0.421. The molecular weight excluding hydrogens is 523 g/mol. The molecule has 10 heteroatoms. The number of nitrogens with zero attached hydrogens (tertiary/aromatic N) is 5. The molecule has 29 heavy (non-hydrogen) atoms. The second-order valence-corrected chi connectivity index (χ2v) is 8.05. The number of carbonyl (C=O) groups excluding carboxylic acids is 1. The quantitative estimate of drug-likeness (QED) is 0.354. The zero-order valence-electron chi connectivity index (χ0n) is 16.8. The number of aromatic nitrogens is 1. The smallest absolute Gasteiger partial charge is 0.242 e. The topological polar surface area (TPSA) is 64.1 Å². The summed E-state index contributed by atoms with van der Waals surface area (Å²) in [6, 6.07) is 7.61. The third-order valence-electron chi connectivity index (χ3n) is 4.47. The average Bonchev–Trinajstić information content (AvgIpc) is 3.15. The predicted octanol–water partition coefficient (Wildman–Crippen LogP) is 2.90. The van der Waals surface area contributed by atoms with Gasteiger partial charge in [-0.2, -0.15) is 0 Å². The predicted molar refractivity (Wildman–Crippen MR) is 130 cm³/mol. The lowest BCUT2D eigenvalue weighted by Gasteiger charge is -2.36. The van der Waals surface area contributed by atoms with Crippen LogP contribution in [0, 0.1) is 0 Å². The van der Waals surface area contributed by atoms with Crippen molar-refractivity contribution < 1.29 is 4.79 Å². The maximum absolute atomic E-state index is 12.6. The van der Waals surface area contributed by atoms with Crippen molar-refractivity contribution in [1.82, 2.24) is 20.1 Å². The molecule has 0 aliphatic carbocycles. The first kappa shape index (κ1) is 23.7. The number of rotatable bonds is 5. The molecule has 1 N–H and O–H groups in total. The van der Waals surface area contributed by atoms with E-state index < -0.39 is 0 Å². The van der Waals surface area contributed by atoms with Gasteiger partial charge in [-0.05, 0) is 17.7 Å². The molecule has 2 heterocycles. The first-order valence-corrected chi connectivity index (χ1v) is 10.3. The number of benzene rings is 1. The van der Waals surface area contributed by atoms with Gasteiger partial charge in [-0.25, -0.2) is 4.98 Å². The Bertz CT molecular complexity index is 841. The van der Waals surface area contributed by atoms with Gasteiger partial charge in [-0.3, -0.25) is 9.79 Å². The third kappa shape index (κ3) is 6.45. The molecule has 0 spiro atoms. The summed E-state index contributed by atoms with van der Waals surface area (Å²) in [5.74, 6) is 0.812. The first-order valence-electron chi connectivity index (χ1n) is 9.06. The van der Waals surface area contributed by atoms with E-state index in [0.29, 0.717) is 31.2 Å². The van der Waals surface area contributed by atoms with E-state index >= 15 is 0 Å². The molecule has 1 aliphatic heterocycles. The van der Waals surface area contributed by atoms with E-state index in [1.807, 2.05) is 58.4 Å². The van der Waals surface area contributed by atoms with Crippen molar-refractivity contribution >= 4 is 63.9 Å². The number of piperazine rings is 1. The van der Waals surface area contributed by atoms with Crippen molar-refractivity contribution in [1.29, 1.82) is 0 Å². The molecule has 2 aromatic rings. The summed E-state index contributed by atoms with van der Waals surface area (Å²) < 4.78 is 0. The second-order valence-electron chi connectivity index (χ2n) is 6.78. The Balaban J connectivity index is 0.00000300. The molecule has 0 radical (unpaired) electrons. The molecule has 1 aromatic carbocycles.